The number of piperidine rings is 1. The van der Waals surface area contributed by atoms with Gasteiger partial charge < -0.3 is 19.9 Å². The van der Waals surface area contributed by atoms with Gasteiger partial charge in [-0.25, -0.2) is 4.98 Å². The predicted molar refractivity (Wildman–Crippen MR) is 137 cm³/mol. The summed E-state index contributed by atoms with van der Waals surface area (Å²) in [7, 11) is 5.68. The van der Waals surface area contributed by atoms with E-state index in [9.17, 15) is 0 Å². The Morgan fingerprint density at radius 2 is 2.03 bits per heavy atom. The Bertz CT molecular complexity index is 958. The van der Waals surface area contributed by atoms with Crippen molar-refractivity contribution in [1.29, 1.82) is 0 Å². The molecule has 1 fully saturated rings. The quantitative estimate of drug-likeness (QED) is 0.527. The van der Waals surface area contributed by atoms with Crippen LogP contribution in [0.2, 0.25) is 0 Å². The van der Waals surface area contributed by atoms with Gasteiger partial charge in [0, 0.05) is 51.9 Å². The van der Waals surface area contributed by atoms with Crippen molar-refractivity contribution in [1.82, 2.24) is 9.97 Å². The number of aromatic nitrogens is 2. The summed E-state index contributed by atoms with van der Waals surface area (Å²) in [5.74, 6) is 2.28. The first-order chi connectivity index (χ1) is 15.5. The maximum absolute atomic E-state index is 5.03. The van der Waals surface area contributed by atoms with Crippen molar-refractivity contribution in [2.45, 2.75) is 26.2 Å². The number of methoxy groups -OCH3 is 1. The SMILES string of the molecule is C=C(/C=C\C=C/COC)C1CCN(c2nc(N(C)C)nc3ccc(NCCC)cc23)CC1. The molecule has 1 aliphatic heterocycles. The molecule has 0 amide bonds. The van der Waals surface area contributed by atoms with Crippen molar-refractivity contribution in [3.05, 3.63) is 54.7 Å². The Kier molecular flexibility index (Phi) is 8.68. The van der Waals surface area contributed by atoms with Crippen molar-refractivity contribution in [2.24, 2.45) is 5.92 Å². The molecule has 0 unspecified atom stereocenters. The monoisotopic (exact) mass is 435 g/mol. The van der Waals surface area contributed by atoms with E-state index in [1.165, 1.54) is 5.57 Å². The van der Waals surface area contributed by atoms with Gasteiger partial charge in [0.1, 0.15) is 5.82 Å². The number of fused-ring (bicyclic) bond motifs is 1. The minimum Gasteiger partial charge on any atom is -0.385 e. The third kappa shape index (κ3) is 6.10. The van der Waals surface area contributed by atoms with E-state index < -0.39 is 0 Å². The van der Waals surface area contributed by atoms with Gasteiger partial charge in [-0.05, 0) is 43.4 Å². The maximum atomic E-state index is 5.03. The molecule has 0 aliphatic carbocycles. The summed E-state index contributed by atoms with van der Waals surface area (Å²) < 4.78 is 5.03. The van der Waals surface area contributed by atoms with E-state index in [0.29, 0.717) is 12.5 Å². The van der Waals surface area contributed by atoms with E-state index in [-0.39, 0.29) is 0 Å². The van der Waals surface area contributed by atoms with E-state index in [0.717, 1.165) is 67.3 Å². The highest BCUT2D eigenvalue weighted by Crippen LogP contribution is 2.33. The molecule has 0 saturated carbocycles. The lowest BCUT2D eigenvalue weighted by Gasteiger charge is -2.34. The third-order valence-corrected chi connectivity index (χ3v) is 5.78. The van der Waals surface area contributed by atoms with E-state index in [1.54, 1.807) is 7.11 Å². The summed E-state index contributed by atoms with van der Waals surface area (Å²) in [5.41, 5.74) is 3.30. The average Bonchev–Trinajstić information content (AvgIpc) is 2.81. The number of rotatable bonds is 10. The van der Waals surface area contributed by atoms with Crippen molar-refractivity contribution >= 4 is 28.4 Å². The van der Waals surface area contributed by atoms with E-state index in [2.05, 4.69) is 54.1 Å². The number of allylic oxidation sites excluding steroid dienone is 4. The van der Waals surface area contributed by atoms with Crippen molar-refractivity contribution < 1.29 is 4.74 Å². The molecule has 32 heavy (non-hydrogen) atoms. The number of hydrogen-bond acceptors (Lipinski definition) is 6. The number of nitrogens with zero attached hydrogens (tertiary/aromatic N) is 4. The van der Waals surface area contributed by atoms with Gasteiger partial charge in [-0.3, -0.25) is 0 Å². The lowest BCUT2D eigenvalue weighted by molar-refractivity contribution is 0.234. The first-order valence-corrected chi connectivity index (χ1v) is 11.5. The van der Waals surface area contributed by atoms with Crippen molar-refractivity contribution in [3.8, 4) is 0 Å². The average molecular weight is 436 g/mol. The van der Waals surface area contributed by atoms with Crippen LogP contribution in [0, 0.1) is 5.92 Å². The van der Waals surface area contributed by atoms with Crippen LogP contribution in [-0.2, 0) is 4.74 Å². The van der Waals surface area contributed by atoms with Crippen LogP contribution in [0.1, 0.15) is 26.2 Å². The van der Waals surface area contributed by atoms with Crippen LogP contribution < -0.4 is 15.1 Å². The highest BCUT2D eigenvalue weighted by molar-refractivity contribution is 5.93. The van der Waals surface area contributed by atoms with Crippen LogP contribution in [0.5, 0.6) is 0 Å². The van der Waals surface area contributed by atoms with Gasteiger partial charge in [0.15, 0.2) is 0 Å². The van der Waals surface area contributed by atoms with Crippen LogP contribution in [0.3, 0.4) is 0 Å². The molecule has 172 valence electrons. The molecule has 0 atom stereocenters. The molecule has 0 radical (unpaired) electrons. The number of anilines is 3. The second-order valence-corrected chi connectivity index (χ2v) is 8.48. The Balaban J connectivity index is 1.77. The van der Waals surface area contributed by atoms with E-state index in [1.807, 2.05) is 31.1 Å². The van der Waals surface area contributed by atoms with E-state index in [4.69, 9.17) is 14.7 Å². The van der Waals surface area contributed by atoms with Gasteiger partial charge in [0.25, 0.3) is 0 Å². The molecule has 1 aromatic carbocycles. The molecule has 0 bridgehead atoms. The standard InChI is InChI=1S/C26H37N5O/c1-6-15-27-22-11-12-24-23(19-22)25(29-26(28-24)30(3)4)31-16-13-21(14-17-31)20(2)10-8-7-9-18-32-5/h7-12,19,21,27H,2,6,13-18H2,1,3-5H3/b9-7-,10-8-. The number of benzene rings is 1. The molecular formula is C26H37N5O. The van der Waals surface area contributed by atoms with Crippen LogP contribution in [0.15, 0.2) is 54.7 Å². The lowest BCUT2D eigenvalue weighted by atomic mass is 9.89. The molecule has 1 aromatic heterocycles. The molecule has 0 spiro atoms. The molecule has 1 saturated heterocycles. The minimum atomic E-state index is 0.501. The Labute approximate surface area is 192 Å². The van der Waals surface area contributed by atoms with Crippen LogP contribution >= 0.6 is 0 Å². The Morgan fingerprint density at radius 3 is 2.72 bits per heavy atom. The van der Waals surface area contributed by atoms with Gasteiger partial charge >= 0.3 is 0 Å². The third-order valence-electron chi connectivity index (χ3n) is 5.78. The summed E-state index contributed by atoms with van der Waals surface area (Å²) in [6.07, 6.45) is 11.4. The fourth-order valence-corrected chi connectivity index (χ4v) is 3.93. The first kappa shape index (κ1) is 23.8. The molecular weight excluding hydrogens is 398 g/mol. The molecule has 6 nitrogen and oxygen atoms in total. The number of nitrogens with one attached hydrogen (secondary N) is 1. The number of ether oxygens (including phenoxy) is 1. The highest BCUT2D eigenvalue weighted by atomic mass is 16.5. The zero-order chi connectivity index (χ0) is 22.9. The smallest absolute Gasteiger partial charge is 0.227 e. The fourth-order valence-electron chi connectivity index (χ4n) is 3.93. The molecule has 1 aliphatic rings. The van der Waals surface area contributed by atoms with Crippen molar-refractivity contribution in [3.63, 3.8) is 0 Å². The largest absolute Gasteiger partial charge is 0.385 e. The van der Waals surface area contributed by atoms with Gasteiger partial charge in [-0.1, -0.05) is 43.4 Å². The van der Waals surface area contributed by atoms with E-state index >= 15 is 0 Å². The molecule has 1 N–H and O–H groups in total. The molecule has 3 rings (SSSR count). The lowest BCUT2D eigenvalue weighted by Crippen LogP contribution is -2.35. The van der Waals surface area contributed by atoms with Gasteiger partial charge in [0.2, 0.25) is 5.95 Å². The molecule has 2 heterocycles. The maximum Gasteiger partial charge on any atom is 0.227 e. The van der Waals surface area contributed by atoms with Crippen LogP contribution in [-0.4, -0.2) is 57.4 Å². The van der Waals surface area contributed by atoms with Gasteiger partial charge in [0.05, 0.1) is 12.1 Å². The van der Waals surface area contributed by atoms with Crippen molar-refractivity contribution in [2.75, 3.05) is 62.6 Å². The summed E-state index contributed by atoms with van der Waals surface area (Å²) in [6.45, 7) is 10.00. The summed E-state index contributed by atoms with van der Waals surface area (Å²) in [4.78, 5) is 14.1. The minimum absolute atomic E-state index is 0.501. The second kappa shape index (κ2) is 11.7. The summed E-state index contributed by atoms with van der Waals surface area (Å²) in [5, 5.41) is 4.60. The zero-order valence-electron chi connectivity index (χ0n) is 20.0. The van der Waals surface area contributed by atoms with Crippen LogP contribution in [0.25, 0.3) is 10.9 Å². The summed E-state index contributed by atoms with van der Waals surface area (Å²) in [6, 6.07) is 6.40. The molecule has 2 aromatic rings. The summed E-state index contributed by atoms with van der Waals surface area (Å²) >= 11 is 0. The Morgan fingerprint density at radius 1 is 1.25 bits per heavy atom. The second-order valence-electron chi connectivity index (χ2n) is 8.48. The first-order valence-electron chi connectivity index (χ1n) is 11.5. The Hall–Kier alpha value is -2.86. The van der Waals surface area contributed by atoms with Gasteiger partial charge in [-0.2, -0.15) is 4.98 Å². The van der Waals surface area contributed by atoms with Gasteiger partial charge in [-0.15, -0.1) is 0 Å². The molecule has 6 heteroatoms. The predicted octanol–water partition coefficient (Wildman–Crippen LogP) is 5.05. The zero-order valence-corrected chi connectivity index (χ0v) is 20.0. The normalized spacial score (nSPS) is 15.2. The van der Waals surface area contributed by atoms with Crippen LogP contribution in [0.4, 0.5) is 17.5 Å². The fraction of sp³-hybridized carbons (Fsp3) is 0.462. The number of hydrogen-bond donors (Lipinski definition) is 1. The topological polar surface area (TPSA) is 53.5 Å². The highest BCUT2D eigenvalue weighted by Gasteiger charge is 2.23.